The summed E-state index contributed by atoms with van der Waals surface area (Å²) in [6.45, 7) is 1.50. The van der Waals surface area contributed by atoms with Crippen molar-refractivity contribution in [2.75, 3.05) is 26.9 Å². The predicted octanol–water partition coefficient (Wildman–Crippen LogP) is 0.277. The second-order valence-corrected chi connectivity index (χ2v) is 4.63. The van der Waals surface area contributed by atoms with Crippen LogP contribution >= 0.6 is 0 Å². The highest BCUT2D eigenvalue weighted by molar-refractivity contribution is 5.95. The van der Waals surface area contributed by atoms with Gasteiger partial charge in [0, 0.05) is 12.7 Å². The first kappa shape index (κ1) is 16.9. The first-order valence-electron chi connectivity index (χ1n) is 6.32. The van der Waals surface area contributed by atoms with Crippen LogP contribution in [0.25, 0.3) is 0 Å². The van der Waals surface area contributed by atoms with E-state index in [0.29, 0.717) is 24.5 Å². The Kier molecular flexibility index (Phi) is 6.13. The molecule has 7 heteroatoms. The monoisotopic (exact) mass is 297 g/mol. The number of aliphatic carboxylic acids is 1. The van der Waals surface area contributed by atoms with Crippen molar-refractivity contribution in [2.24, 2.45) is 0 Å². The summed E-state index contributed by atoms with van der Waals surface area (Å²) in [4.78, 5) is 22.6. The second-order valence-electron chi connectivity index (χ2n) is 4.63. The van der Waals surface area contributed by atoms with Crippen molar-refractivity contribution in [3.63, 3.8) is 0 Å². The van der Waals surface area contributed by atoms with Crippen LogP contribution in [-0.2, 0) is 9.53 Å². The first-order chi connectivity index (χ1) is 9.86. The minimum Gasteiger partial charge on any atom is -0.491 e. The van der Waals surface area contributed by atoms with Crippen LogP contribution in [0.4, 0.5) is 0 Å². The Morgan fingerprint density at radius 2 is 2.05 bits per heavy atom. The highest BCUT2D eigenvalue weighted by Crippen LogP contribution is 2.13. The summed E-state index contributed by atoms with van der Waals surface area (Å²) in [5, 5.41) is 20.7. The van der Waals surface area contributed by atoms with Crippen molar-refractivity contribution >= 4 is 11.9 Å². The molecule has 1 rings (SSSR count). The molecule has 7 nitrogen and oxygen atoms in total. The summed E-state index contributed by atoms with van der Waals surface area (Å²) in [6.07, 6.45) is 0. The Balaban J connectivity index is 2.62. The van der Waals surface area contributed by atoms with Crippen LogP contribution in [0, 0.1) is 0 Å². The van der Waals surface area contributed by atoms with E-state index in [4.69, 9.17) is 14.6 Å². The molecule has 1 atom stereocenters. The lowest BCUT2D eigenvalue weighted by Crippen LogP contribution is -2.46. The Morgan fingerprint density at radius 1 is 1.33 bits per heavy atom. The van der Waals surface area contributed by atoms with Gasteiger partial charge in [-0.2, -0.15) is 0 Å². The number of methoxy groups -OCH3 is 1. The fraction of sp³-hybridized carbons (Fsp3) is 0.429. The number of benzene rings is 1. The van der Waals surface area contributed by atoms with E-state index in [0.717, 1.165) is 6.92 Å². The average Bonchev–Trinajstić information content (AvgIpc) is 2.45. The molecule has 1 amide bonds. The third kappa shape index (κ3) is 5.41. The molecule has 1 aromatic carbocycles. The molecule has 116 valence electrons. The molecule has 0 spiro atoms. The summed E-state index contributed by atoms with van der Waals surface area (Å²) in [5.41, 5.74) is -1.70. The largest absolute Gasteiger partial charge is 0.491 e. The quantitative estimate of drug-likeness (QED) is 0.595. The van der Waals surface area contributed by atoms with Gasteiger partial charge in [0.15, 0.2) is 5.60 Å². The van der Waals surface area contributed by atoms with Crippen molar-refractivity contribution in [3.05, 3.63) is 29.8 Å². The van der Waals surface area contributed by atoms with Crippen LogP contribution in [-0.4, -0.2) is 54.6 Å². The topological polar surface area (TPSA) is 105 Å². The number of carbonyl (C=O) groups is 2. The van der Waals surface area contributed by atoms with E-state index in [9.17, 15) is 14.7 Å². The van der Waals surface area contributed by atoms with E-state index < -0.39 is 24.0 Å². The second kappa shape index (κ2) is 7.61. The summed E-state index contributed by atoms with van der Waals surface area (Å²) < 4.78 is 10.2. The molecule has 0 aromatic heterocycles. The fourth-order valence-corrected chi connectivity index (χ4v) is 1.40. The molecule has 21 heavy (non-hydrogen) atoms. The number of hydrogen-bond acceptors (Lipinski definition) is 5. The van der Waals surface area contributed by atoms with Gasteiger partial charge in [-0.3, -0.25) is 4.79 Å². The van der Waals surface area contributed by atoms with Crippen LogP contribution in [0.2, 0.25) is 0 Å². The molecule has 0 heterocycles. The van der Waals surface area contributed by atoms with Crippen LogP contribution in [0.3, 0.4) is 0 Å². The van der Waals surface area contributed by atoms with Crippen molar-refractivity contribution in [1.29, 1.82) is 0 Å². The number of aliphatic hydroxyl groups is 1. The molecule has 0 saturated heterocycles. The van der Waals surface area contributed by atoms with Crippen LogP contribution in [0.15, 0.2) is 24.3 Å². The molecule has 0 aliphatic heterocycles. The third-order valence-electron chi connectivity index (χ3n) is 2.71. The molecular weight excluding hydrogens is 278 g/mol. The van der Waals surface area contributed by atoms with E-state index in [1.165, 1.54) is 6.07 Å². The lowest BCUT2D eigenvalue weighted by Gasteiger charge is -2.18. The maximum absolute atomic E-state index is 11.9. The highest BCUT2D eigenvalue weighted by atomic mass is 16.5. The minimum atomic E-state index is -2.01. The van der Waals surface area contributed by atoms with Gasteiger partial charge in [0.1, 0.15) is 12.4 Å². The molecule has 0 aliphatic carbocycles. The van der Waals surface area contributed by atoms with Gasteiger partial charge in [0.25, 0.3) is 5.91 Å². The van der Waals surface area contributed by atoms with Crippen LogP contribution in [0.5, 0.6) is 5.75 Å². The lowest BCUT2D eigenvalue weighted by molar-refractivity contribution is -0.155. The maximum atomic E-state index is 11.9. The Bertz CT molecular complexity index is 500. The number of hydrogen-bond donors (Lipinski definition) is 3. The summed E-state index contributed by atoms with van der Waals surface area (Å²) in [7, 11) is 1.56. The zero-order chi connectivity index (χ0) is 15.9. The standard InChI is InChI=1S/C14H19NO6/c1-14(19,13(17)18)9-15-12(16)10-4-3-5-11(8-10)21-7-6-20-2/h3-5,8,19H,6-7,9H2,1-2H3,(H,15,16)(H,17,18). The lowest BCUT2D eigenvalue weighted by atomic mass is 10.1. The molecular formula is C14H19NO6. The van der Waals surface area contributed by atoms with E-state index in [2.05, 4.69) is 5.32 Å². The van der Waals surface area contributed by atoms with Gasteiger partial charge in [0.05, 0.1) is 13.2 Å². The highest BCUT2D eigenvalue weighted by Gasteiger charge is 2.30. The van der Waals surface area contributed by atoms with E-state index in [1.54, 1.807) is 25.3 Å². The Labute approximate surface area is 122 Å². The van der Waals surface area contributed by atoms with Gasteiger partial charge in [-0.25, -0.2) is 4.79 Å². The van der Waals surface area contributed by atoms with Gasteiger partial charge < -0.3 is 25.0 Å². The summed E-state index contributed by atoms with van der Waals surface area (Å²) in [5.74, 6) is -1.39. The number of rotatable bonds is 8. The Morgan fingerprint density at radius 3 is 2.67 bits per heavy atom. The van der Waals surface area contributed by atoms with Crippen LogP contribution in [0.1, 0.15) is 17.3 Å². The smallest absolute Gasteiger partial charge is 0.337 e. The predicted molar refractivity (Wildman–Crippen MR) is 74.4 cm³/mol. The molecule has 0 aliphatic rings. The van der Waals surface area contributed by atoms with Gasteiger partial charge in [0.2, 0.25) is 0 Å². The fourth-order valence-electron chi connectivity index (χ4n) is 1.40. The number of carboxylic acids is 1. The molecule has 3 N–H and O–H groups in total. The van der Waals surface area contributed by atoms with Gasteiger partial charge in [-0.1, -0.05) is 6.07 Å². The van der Waals surface area contributed by atoms with Crippen molar-refractivity contribution in [3.8, 4) is 5.75 Å². The molecule has 0 radical (unpaired) electrons. The van der Waals surface area contributed by atoms with E-state index in [1.807, 2.05) is 0 Å². The van der Waals surface area contributed by atoms with Crippen molar-refractivity contribution in [1.82, 2.24) is 5.32 Å². The molecule has 1 aromatic rings. The third-order valence-corrected chi connectivity index (χ3v) is 2.71. The van der Waals surface area contributed by atoms with Crippen molar-refractivity contribution in [2.45, 2.75) is 12.5 Å². The van der Waals surface area contributed by atoms with Gasteiger partial charge >= 0.3 is 5.97 Å². The number of nitrogens with one attached hydrogen (secondary N) is 1. The molecule has 1 unspecified atom stereocenters. The van der Waals surface area contributed by atoms with Crippen molar-refractivity contribution < 1.29 is 29.3 Å². The molecule has 0 bridgehead atoms. The first-order valence-corrected chi connectivity index (χ1v) is 6.32. The zero-order valence-corrected chi connectivity index (χ0v) is 12.0. The number of carboxylic acid groups (broad SMARTS) is 1. The molecule has 0 saturated carbocycles. The minimum absolute atomic E-state index is 0.311. The zero-order valence-electron chi connectivity index (χ0n) is 12.0. The maximum Gasteiger partial charge on any atom is 0.337 e. The molecule has 0 fully saturated rings. The number of carbonyl (C=O) groups excluding carboxylic acids is 1. The van der Waals surface area contributed by atoms with Gasteiger partial charge in [-0.15, -0.1) is 0 Å². The van der Waals surface area contributed by atoms with Gasteiger partial charge in [-0.05, 0) is 25.1 Å². The number of ether oxygens (including phenoxy) is 2. The average molecular weight is 297 g/mol. The van der Waals surface area contributed by atoms with E-state index >= 15 is 0 Å². The Hall–Kier alpha value is -2.12. The SMILES string of the molecule is COCCOc1cccc(C(=O)NCC(C)(O)C(=O)O)c1. The normalized spacial score (nSPS) is 13.3. The van der Waals surface area contributed by atoms with Crippen LogP contribution < -0.4 is 10.1 Å². The summed E-state index contributed by atoms with van der Waals surface area (Å²) in [6, 6.07) is 6.43. The summed E-state index contributed by atoms with van der Waals surface area (Å²) >= 11 is 0. The van der Waals surface area contributed by atoms with E-state index in [-0.39, 0.29) is 0 Å². The number of amides is 1.